The Labute approximate surface area is 93.7 Å². The van der Waals surface area contributed by atoms with Gasteiger partial charge < -0.3 is 4.84 Å². The highest BCUT2D eigenvalue weighted by atomic mass is 32.2. The highest BCUT2D eigenvalue weighted by molar-refractivity contribution is 7.86. The van der Waals surface area contributed by atoms with Crippen molar-refractivity contribution in [2.45, 2.75) is 18.2 Å². The molecule has 16 heavy (non-hydrogen) atoms. The van der Waals surface area contributed by atoms with Crippen molar-refractivity contribution in [3.63, 3.8) is 0 Å². The predicted octanol–water partition coefficient (Wildman–Crippen LogP) is 2.36. The normalized spacial score (nSPS) is 11.9. The van der Waals surface area contributed by atoms with Gasteiger partial charge >= 0.3 is 0 Å². The number of hydrogen-bond donors (Lipinski definition) is 1. The van der Waals surface area contributed by atoms with Crippen molar-refractivity contribution in [2.24, 2.45) is 10.4 Å². The van der Waals surface area contributed by atoms with E-state index in [1.54, 1.807) is 6.07 Å². The van der Waals surface area contributed by atoms with Crippen molar-refractivity contribution >= 4 is 15.8 Å². The van der Waals surface area contributed by atoms with Crippen molar-refractivity contribution in [1.82, 2.24) is 0 Å². The van der Waals surface area contributed by atoms with Gasteiger partial charge in [0.05, 0.1) is 0 Å². The highest BCUT2D eigenvalue weighted by Crippen LogP contribution is 2.23. The van der Waals surface area contributed by atoms with Crippen LogP contribution in [0.15, 0.2) is 39.6 Å². The molecule has 0 fully saturated rings. The van der Waals surface area contributed by atoms with Crippen LogP contribution in [-0.4, -0.2) is 19.6 Å². The first kappa shape index (κ1) is 12.6. The van der Waals surface area contributed by atoms with Gasteiger partial charge in [0.1, 0.15) is 17.2 Å². The molecule has 1 aromatic rings. The maximum atomic E-state index is 11.0. The van der Waals surface area contributed by atoms with Crippen LogP contribution in [0.3, 0.4) is 0 Å². The molecule has 0 aliphatic rings. The summed E-state index contributed by atoms with van der Waals surface area (Å²) in [5.41, 5.74) is 0.0427. The molecule has 0 aliphatic carbocycles. The molecule has 0 spiro atoms. The van der Waals surface area contributed by atoms with Crippen LogP contribution < -0.4 is 0 Å². The van der Waals surface area contributed by atoms with Crippen molar-refractivity contribution in [2.75, 3.05) is 6.61 Å². The SMILES string of the molecule is CCCON=Nc1ccccc1S(=O)(=O)O. The molecule has 7 heteroatoms. The quantitative estimate of drug-likeness (QED) is 0.372. The maximum absolute atomic E-state index is 11.0. The summed E-state index contributed by atoms with van der Waals surface area (Å²) < 4.78 is 30.8. The number of benzene rings is 1. The molecule has 0 amide bonds. The van der Waals surface area contributed by atoms with Gasteiger partial charge in [0.2, 0.25) is 0 Å². The minimum Gasteiger partial charge on any atom is -0.379 e. The summed E-state index contributed by atoms with van der Waals surface area (Å²) in [4.78, 5) is 4.44. The molecule has 0 aliphatic heterocycles. The van der Waals surface area contributed by atoms with Crippen molar-refractivity contribution in [3.8, 4) is 0 Å². The van der Waals surface area contributed by atoms with Crippen LogP contribution in [-0.2, 0) is 15.0 Å². The minimum atomic E-state index is -4.29. The largest absolute Gasteiger partial charge is 0.379 e. The summed E-state index contributed by atoms with van der Waals surface area (Å²) >= 11 is 0. The van der Waals surface area contributed by atoms with Crippen molar-refractivity contribution in [1.29, 1.82) is 0 Å². The molecule has 0 heterocycles. The first-order valence-electron chi connectivity index (χ1n) is 4.65. The molecule has 0 aromatic heterocycles. The fourth-order valence-corrected chi connectivity index (χ4v) is 1.59. The maximum Gasteiger partial charge on any atom is 0.296 e. The molecule has 88 valence electrons. The molecule has 6 nitrogen and oxygen atoms in total. The molecule has 0 saturated heterocycles. The Kier molecular flexibility index (Phi) is 4.39. The predicted molar refractivity (Wildman–Crippen MR) is 57.0 cm³/mol. The Morgan fingerprint density at radius 1 is 1.38 bits per heavy atom. The third kappa shape index (κ3) is 3.59. The van der Waals surface area contributed by atoms with Crippen LogP contribution in [0.2, 0.25) is 0 Å². The second kappa shape index (κ2) is 5.57. The fraction of sp³-hybridized carbons (Fsp3) is 0.333. The molecule has 0 radical (unpaired) electrons. The van der Waals surface area contributed by atoms with E-state index in [0.717, 1.165) is 6.42 Å². The summed E-state index contributed by atoms with van der Waals surface area (Å²) in [6.45, 7) is 2.30. The van der Waals surface area contributed by atoms with E-state index in [4.69, 9.17) is 9.39 Å². The fourth-order valence-electron chi connectivity index (χ4n) is 0.963. The van der Waals surface area contributed by atoms with Gasteiger partial charge in [0, 0.05) is 5.28 Å². The lowest BCUT2D eigenvalue weighted by Crippen LogP contribution is -1.97. The molecule has 0 atom stereocenters. The Balaban J connectivity index is 2.92. The lowest BCUT2D eigenvalue weighted by Gasteiger charge is -1.99. The van der Waals surface area contributed by atoms with Crippen LogP contribution in [0.25, 0.3) is 0 Å². The zero-order chi connectivity index (χ0) is 12.0. The summed E-state index contributed by atoms with van der Waals surface area (Å²) in [7, 11) is -4.29. The zero-order valence-electron chi connectivity index (χ0n) is 8.70. The van der Waals surface area contributed by atoms with Crippen LogP contribution in [0.5, 0.6) is 0 Å². The Hall–Kier alpha value is -1.47. The minimum absolute atomic E-state index is 0.0427. The number of rotatable bonds is 5. The molecule has 1 aromatic carbocycles. The highest BCUT2D eigenvalue weighted by Gasteiger charge is 2.14. The van der Waals surface area contributed by atoms with Crippen LogP contribution in [0.1, 0.15) is 13.3 Å². The zero-order valence-corrected chi connectivity index (χ0v) is 9.51. The second-order valence-electron chi connectivity index (χ2n) is 2.96. The second-order valence-corrected chi connectivity index (χ2v) is 4.35. The van der Waals surface area contributed by atoms with Gasteiger partial charge in [0.15, 0.2) is 0 Å². The van der Waals surface area contributed by atoms with Crippen molar-refractivity contribution in [3.05, 3.63) is 24.3 Å². The lowest BCUT2D eigenvalue weighted by molar-refractivity contribution is 0.126. The van der Waals surface area contributed by atoms with E-state index in [2.05, 4.69) is 10.4 Å². The van der Waals surface area contributed by atoms with Gasteiger partial charge in [-0.05, 0) is 18.6 Å². The van der Waals surface area contributed by atoms with Gasteiger partial charge in [-0.25, -0.2) is 0 Å². The van der Waals surface area contributed by atoms with Crippen LogP contribution in [0, 0.1) is 0 Å². The molecule has 0 saturated carbocycles. The number of nitrogens with zero attached hydrogens (tertiary/aromatic N) is 2. The molecule has 1 rings (SSSR count). The van der Waals surface area contributed by atoms with E-state index < -0.39 is 10.1 Å². The van der Waals surface area contributed by atoms with Crippen molar-refractivity contribution < 1.29 is 17.8 Å². The van der Waals surface area contributed by atoms with E-state index in [1.807, 2.05) is 6.92 Å². The Bertz CT molecular complexity index is 470. The summed E-state index contributed by atoms with van der Waals surface area (Å²) in [6.07, 6.45) is 0.777. The monoisotopic (exact) mass is 244 g/mol. The van der Waals surface area contributed by atoms with E-state index in [1.165, 1.54) is 18.2 Å². The molecule has 0 unspecified atom stereocenters. The van der Waals surface area contributed by atoms with E-state index in [9.17, 15) is 8.42 Å². The summed E-state index contributed by atoms with van der Waals surface area (Å²) in [6, 6.07) is 5.73. The average molecular weight is 244 g/mol. The van der Waals surface area contributed by atoms with Gasteiger partial charge in [-0.1, -0.05) is 19.1 Å². The van der Waals surface area contributed by atoms with E-state index in [-0.39, 0.29) is 10.6 Å². The lowest BCUT2D eigenvalue weighted by atomic mass is 10.3. The van der Waals surface area contributed by atoms with Crippen LogP contribution in [0.4, 0.5) is 5.69 Å². The molecular weight excluding hydrogens is 232 g/mol. The topological polar surface area (TPSA) is 88.3 Å². The number of hydrogen-bond acceptors (Lipinski definition) is 5. The third-order valence-electron chi connectivity index (χ3n) is 1.64. The summed E-state index contributed by atoms with van der Waals surface area (Å²) in [5, 5.41) is 6.93. The first-order valence-corrected chi connectivity index (χ1v) is 6.09. The molecule has 1 N–H and O–H groups in total. The van der Waals surface area contributed by atoms with Gasteiger partial charge in [-0.15, -0.1) is 5.11 Å². The molecule has 0 bridgehead atoms. The first-order chi connectivity index (χ1) is 7.55. The average Bonchev–Trinajstić information content (AvgIpc) is 2.24. The summed E-state index contributed by atoms with van der Waals surface area (Å²) in [5.74, 6) is 0. The van der Waals surface area contributed by atoms with Gasteiger partial charge in [-0.2, -0.15) is 8.42 Å². The smallest absolute Gasteiger partial charge is 0.296 e. The van der Waals surface area contributed by atoms with Crippen LogP contribution >= 0.6 is 0 Å². The Morgan fingerprint density at radius 2 is 2.06 bits per heavy atom. The van der Waals surface area contributed by atoms with Gasteiger partial charge in [0.25, 0.3) is 10.1 Å². The third-order valence-corrected chi connectivity index (χ3v) is 2.55. The standard InChI is InChI=1S/C9H12N2O4S/c1-2-7-15-11-10-8-5-3-4-6-9(8)16(12,13)14/h3-6H,2,7H2,1H3,(H,12,13,14). The molecular formula is C9H12N2O4S. The Morgan fingerprint density at radius 3 is 2.69 bits per heavy atom. The van der Waals surface area contributed by atoms with E-state index >= 15 is 0 Å². The van der Waals surface area contributed by atoms with E-state index in [0.29, 0.717) is 6.61 Å². The van der Waals surface area contributed by atoms with Gasteiger partial charge in [-0.3, -0.25) is 4.55 Å².